The van der Waals surface area contributed by atoms with Gasteiger partial charge in [-0.3, -0.25) is 9.59 Å². The summed E-state index contributed by atoms with van der Waals surface area (Å²) in [6.07, 6.45) is 0.645. The van der Waals surface area contributed by atoms with E-state index in [4.69, 9.17) is 4.74 Å². The number of carbonyl (C=O) groups is 1. The summed E-state index contributed by atoms with van der Waals surface area (Å²) in [5.41, 5.74) is 1.19. The molecule has 2 N–H and O–H groups in total. The average molecular weight is 223 g/mol. The number of fused-ring (bicyclic) bond motifs is 1. The van der Waals surface area contributed by atoms with Gasteiger partial charge < -0.3 is 15.0 Å². The Morgan fingerprint density at radius 1 is 1.62 bits per heavy atom. The number of H-pyrrole nitrogens is 1. The molecule has 1 amide bonds. The molecule has 6 nitrogen and oxygen atoms in total. The fourth-order valence-corrected chi connectivity index (χ4v) is 1.59. The maximum atomic E-state index is 11.6. The van der Waals surface area contributed by atoms with E-state index in [1.165, 1.54) is 6.92 Å². The molecular weight excluding hydrogens is 210 g/mol. The molecule has 2 rings (SSSR count). The van der Waals surface area contributed by atoms with Gasteiger partial charge in [0.2, 0.25) is 5.91 Å². The van der Waals surface area contributed by atoms with Crippen LogP contribution < -0.4 is 10.9 Å². The molecule has 0 bridgehead atoms. The van der Waals surface area contributed by atoms with Gasteiger partial charge in [-0.25, -0.2) is 4.98 Å². The van der Waals surface area contributed by atoms with Crippen molar-refractivity contribution in [3.05, 3.63) is 27.4 Å². The van der Waals surface area contributed by atoms with Gasteiger partial charge >= 0.3 is 0 Å². The molecule has 0 aliphatic carbocycles. The third-order valence-electron chi connectivity index (χ3n) is 2.38. The lowest BCUT2D eigenvalue weighted by molar-refractivity contribution is -0.119. The summed E-state index contributed by atoms with van der Waals surface area (Å²) >= 11 is 0. The van der Waals surface area contributed by atoms with Crippen molar-refractivity contribution in [2.24, 2.45) is 0 Å². The van der Waals surface area contributed by atoms with E-state index in [-0.39, 0.29) is 18.0 Å². The van der Waals surface area contributed by atoms with Crippen molar-refractivity contribution in [3.8, 4) is 0 Å². The minimum Gasteiger partial charge on any atom is -0.376 e. The molecule has 0 radical (unpaired) electrons. The van der Waals surface area contributed by atoms with Crippen molar-refractivity contribution in [2.75, 3.05) is 6.61 Å². The number of aromatic amines is 1. The van der Waals surface area contributed by atoms with Crippen LogP contribution in [0.4, 0.5) is 0 Å². The molecular formula is C10H13N3O3. The fraction of sp³-hybridized carbons (Fsp3) is 0.500. The number of nitrogens with one attached hydrogen (secondary N) is 2. The maximum absolute atomic E-state index is 11.6. The first-order valence-electron chi connectivity index (χ1n) is 5.10. The van der Waals surface area contributed by atoms with E-state index in [2.05, 4.69) is 15.3 Å². The zero-order valence-electron chi connectivity index (χ0n) is 9.00. The Balaban J connectivity index is 2.25. The molecule has 0 fully saturated rings. The Kier molecular flexibility index (Phi) is 3.00. The number of ether oxygens (including phenoxy) is 1. The van der Waals surface area contributed by atoms with Crippen LogP contribution in [0.5, 0.6) is 0 Å². The Hall–Kier alpha value is -1.69. The van der Waals surface area contributed by atoms with Gasteiger partial charge in [-0.1, -0.05) is 0 Å². The van der Waals surface area contributed by atoms with Crippen molar-refractivity contribution in [1.82, 2.24) is 15.3 Å². The number of aromatic nitrogens is 2. The van der Waals surface area contributed by atoms with E-state index < -0.39 is 0 Å². The Morgan fingerprint density at radius 3 is 3.19 bits per heavy atom. The summed E-state index contributed by atoms with van der Waals surface area (Å²) in [6, 6.07) is 0. The highest BCUT2D eigenvalue weighted by Crippen LogP contribution is 2.09. The molecule has 6 heteroatoms. The second-order valence-corrected chi connectivity index (χ2v) is 3.65. The van der Waals surface area contributed by atoms with Crippen molar-refractivity contribution in [3.63, 3.8) is 0 Å². The van der Waals surface area contributed by atoms with Crippen LogP contribution in [0.1, 0.15) is 24.0 Å². The Bertz CT molecular complexity index is 467. The minimum absolute atomic E-state index is 0.149. The zero-order chi connectivity index (χ0) is 11.5. The molecule has 86 valence electrons. The molecule has 2 heterocycles. The number of carbonyl (C=O) groups excluding carboxylic acids is 1. The second-order valence-electron chi connectivity index (χ2n) is 3.65. The molecule has 1 aliphatic rings. The lowest BCUT2D eigenvalue weighted by Crippen LogP contribution is -2.28. The van der Waals surface area contributed by atoms with Crippen LogP contribution in [-0.2, 0) is 29.1 Å². The lowest BCUT2D eigenvalue weighted by atomic mass is 10.1. The standard InChI is InChI=1S/C10H13N3O3/c1-6(14)11-4-9-12-8-2-3-16-5-7(8)10(15)13-9/h2-5H2,1H3,(H,11,14)(H,12,13,15). The summed E-state index contributed by atoms with van der Waals surface area (Å²) < 4.78 is 5.19. The summed E-state index contributed by atoms with van der Waals surface area (Å²) in [7, 11) is 0. The highest BCUT2D eigenvalue weighted by atomic mass is 16.5. The van der Waals surface area contributed by atoms with E-state index in [1.54, 1.807) is 0 Å². The number of hydrogen-bond donors (Lipinski definition) is 2. The third kappa shape index (κ3) is 2.27. The van der Waals surface area contributed by atoms with Gasteiger partial charge in [-0.2, -0.15) is 0 Å². The highest BCUT2D eigenvalue weighted by molar-refractivity contribution is 5.72. The van der Waals surface area contributed by atoms with Gasteiger partial charge in [0.1, 0.15) is 5.82 Å². The van der Waals surface area contributed by atoms with Crippen LogP contribution in [0.15, 0.2) is 4.79 Å². The second kappa shape index (κ2) is 4.44. The van der Waals surface area contributed by atoms with Crippen LogP contribution in [0.2, 0.25) is 0 Å². The van der Waals surface area contributed by atoms with Crippen LogP contribution in [0.3, 0.4) is 0 Å². The van der Waals surface area contributed by atoms with Gasteiger partial charge in [-0.15, -0.1) is 0 Å². The van der Waals surface area contributed by atoms with Crippen LogP contribution >= 0.6 is 0 Å². The minimum atomic E-state index is -0.176. The quantitative estimate of drug-likeness (QED) is 0.706. The lowest BCUT2D eigenvalue weighted by Gasteiger charge is -2.15. The number of amides is 1. The Morgan fingerprint density at radius 2 is 2.44 bits per heavy atom. The zero-order valence-corrected chi connectivity index (χ0v) is 9.00. The third-order valence-corrected chi connectivity index (χ3v) is 2.38. The van der Waals surface area contributed by atoms with Gasteiger partial charge in [0, 0.05) is 13.3 Å². The number of nitrogens with zero attached hydrogens (tertiary/aromatic N) is 1. The first kappa shape index (κ1) is 10.8. The van der Waals surface area contributed by atoms with Crippen molar-refractivity contribution in [2.45, 2.75) is 26.5 Å². The predicted octanol–water partition coefficient (Wildman–Crippen LogP) is -0.521. The van der Waals surface area contributed by atoms with Gasteiger partial charge in [0.25, 0.3) is 5.56 Å². The molecule has 0 spiro atoms. The molecule has 16 heavy (non-hydrogen) atoms. The number of hydrogen-bond acceptors (Lipinski definition) is 4. The monoisotopic (exact) mass is 223 g/mol. The van der Waals surface area contributed by atoms with E-state index >= 15 is 0 Å². The first-order valence-corrected chi connectivity index (χ1v) is 5.10. The normalized spacial score (nSPS) is 14.3. The van der Waals surface area contributed by atoms with Gasteiger partial charge in [-0.05, 0) is 0 Å². The molecule has 0 saturated heterocycles. The molecule has 1 aliphatic heterocycles. The van der Waals surface area contributed by atoms with E-state index in [9.17, 15) is 9.59 Å². The maximum Gasteiger partial charge on any atom is 0.256 e. The van der Waals surface area contributed by atoms with E-state index in [0.717, 1.165) is 5.69 Å². The molecule has 0 aromatic carbocycles. The van der Waals surface area contributed by atoms with Gasteiger partial charge in [0.05, 0.1) is 31.0 Å². The number of rotatable bonds is 2. The molecule has 1 aromatic rings. The SMILES string of the molecule is CC(=O)NCc1nc2c(c(=O)[nH]1)COCC2. The van der Waals surface area contributed by atoms with E-state index in [0.29, 0.717) is 31.0 Å². The molecule has 1 aromatic heterocycles. The highest BCUT2D eigenvalue weighted by Gasteiger charge is 2.15. The van der Waals surface area contributed by atoms with Crippen LogP contribution in [-0.4, -0.2) is 22.5 Å². The molecule has 0 atom stereocenters. The largest absolute Gasteiger partial charge is 0.376 e. The smallest absolute Gasteiger partial charge is 0.256 e. The molecule has 0 saturated carbocycles. The fourth-order valence-electron chi connectivity index (χ4n) is 1.59. The van der Waals surface area contributed by atoms with Crippen molar-refractivity contribution in [1.29, 1.82) is 0 Å². The topological polar surface area (TPSA) is 84.1 Å². The Labute approximate surface area is 92.0 Å². The summed E-state index contributed by atoms with van der Waals surface area (Å²) in [5, 5.41) is 2.59. The summed E-state index contributed by atoms with van der Waals surface area (Å²) in [6.45, 7) is 2.57. The molecule has 0 unspecified atom stereocenters. The summed E-state index contributed by atoms with van der Waals surface area (Å²) in [4.78, 5) is 29.3. The van der Waals surface area contributed by atoms with Gasteiger partial charge in [0.15, 0.2) is 0 Å². The first-order chi connectivity index (χ1) is 7.66. The van der Waals surface area contributed by atoms with Crippen molar-refractivity contribution < 1.29 is 9.53 Å². The predicted molar refractivity (Wildman–Crippen MR) is 55.7 cm³/mol. The average Bonchev–Trinajstić information content (AvgIpc) is 2.26. The van der Waals surface area contributed by atoms with Crippen LogP contribution in [0.25, 0.3) is 0 Å². The van der Waals surface area contributed by atoms with Crippen molar-refractivity contribution >= 4 is 5.91 Å². The van der Waals surface area contributed by atoms with Crippen LogP contribution in [0, 0.1) is 0 Å². The van der Waals surface area contributed by atoms with E-state index in [1.807, 2.05) is 0 Å². The summed E-state index contributed by atoms with van der Waals surface area (Å²) in [5.74, 6) is 0.338.